The van der Waals surface area contributed by atoms with Gasteiger partial charge in [0.15, 0.2) is 6.61 Å². The molecule has 5 nitrogen and oxygen atoms in total. The van der Waals surface area contributed by atoms with Crippen LogP contribution in [-0.2, 0) is 15.7 Å². The molecule has 0 saturated carbocycles. The summed E-state index contributed by atoms with van der Waals surface area (Å²) in [6.07, 6.45) is -4.71. The van der Waals surface area contributed by atoms with Gasteiger partial charge in [0.25, 0.3) is 5.91 Å². The molecule has 0 aliphatic heterocycles. The quantitative estimate of drug-likeness (QED) is 0.497. The zero-order chi connectivity index (χ0) is 20.5. The number of aromatic nitrogens is 1. The maximum atomic E-state index is 13.1. The number of carbonyl (C=O) groups excluding carboxylic acids is 2. The second-order valence-corrected chi connectivity index (χ2v) is 6.84. The van der Waals surface area contributed by atoms with Crippen molar-refractivity contribution in [1.82, 2.24) is 4.98 Å². The van der Waals surface area contributed by atoms with Crippen LogP contribution in [0.25, 0.3) is 10.9 Å². The van der Waals surface area contributed by atoms with Crippen molar-refractivity contribution in [2.45, 2.75) is 6.18 Å². The molecule has 0 aliphatic rings. The third-order valence-corrected chi connectivity index (χ3v) is 4.90. The Kier molecular flexibility index (Phi) is 5.66. The number of nitrogens with one attached hydrogen (secondary N) is 2. The number of esters is 1. The van der Waals surface area contributed by atoms with E-state index in [9.17, 15) is 22.8 Å². The first-order valence-corrected chi connectivity index (χ1v) is 8.94. The normalized spacial score (nSPS) is 11.5. The SMILES string of the molecule is O=C(COC(=O)c1[nH]c2ccccc2c1Br)Nc1c(Cl)cccc1C(F)(F)F. The van der Waals surface area contributed by atoms with E-state index in [-0.39, 0.29) is 10.7 Å². The van der Waals surface area contributed by atoms with E-state index in [1.807, 2.05) is 5.32 Å². The summed E-state index contributed by atoms with van der Waals surface area (Å²) in [5.74, 6) is -1.80. The van der Waals surface area contributed by atoms with Gasteiger partial charge in [-0.1, -0.05) is 35.9 Å². The molecule has 0 aliphatic carbocycles. The van der Waals surface area contributed by atoms with Gasteiger partial charge in [-0.05, 0) is 34.1 Å². The van der Waals surface area contributed by atoms with Gasteiger partial charge in [-0.25, -0.2) is 4.79 Å². The number of amides is 1. The Hall–Kier alpha value is -2.52. The predicted octanol–water partition coefficient (Wildman–Crippen LogP) is 5.40. The Morgan fingerprint density at radius 2 is 1.86 bits per heavy atom. The van der Waals surface area contributed by atoms with Crippen LogP contribution in [0.3, 0.4) is 0 Å². The maximum Gasteiger partial charge on any atom is 0.418 e. The van der Waals surface area contributed by atoms with Crippen LogP contribution >= 0.6 is 27.5 Å². The lowest BCUT2D eigenvalue weighted by atomic mass is 10.1. The van der Waals surface area contributed by atoms with E-state index in [0.29, 0.717) is 9.99 Å². The molecule has 28 heavy (non-hydrogen) atoms. The number of ether oxygens (including phenoxy) is 1. The topological polar surface area (TPSA) is 71.2 Å². The molecule has 3 rings (SSSR count). The number of para-hydroxylation sites is 2. The van der Waals surface area contributed by atoms with Crippen LogP contribution in [0.4, 0.5) is 18.9 Å². The minimum Gasteiger partial charge on any atom is -0.451 e. The standard InChI is InChI=1S/C18H11BrClF3N2O3/c19-14-9-4-1-2-7-12(9)24-16(14)17(27)28-8-13(26)25-15-10(18(21,22)23)5-3-6-11(15)20/h1-7,24H,8H2,(H,25,26). The van der Waals surface area contributed by atoms with Gasteiger partial charge in [-0.15, -0.1) is 0 Å². The van der Waals surface area contributed by atoms with E-state index in [0.717, 1.165) is 17.5 Å². The van der Waals surface area contributed by atoms with Crippen LogP contribution in [0.1, 0.15) is 16.1 Å². The molecule has 146 valence electrons. The highest BCUT2D eigenvalue weighted by Gasteiger charge is 2.34. The smallest absolute Gasteiger partial charge is 0.418 e. The first kappa shape index (κ1) is 20.2. The molecule has 0 radical (unpaired) electrons. The van der Waals surface area contributed by atoms with Gasteiger partial charge in [0.2, 0.25) is 0 Å². The van der Waals surface area contributed by atoms with Gasteiger partial charge in [0.05, 0.1) is 20.7 Å². The largest absolute Gasteiger partial charge is 0.451 e. The van der Waals surface area contributed by atoms with E-state index >= 15 is 0 Å². The molecule has 1 heterocycles. The highest BCUT2D eigenvalue weighted by Crippen LogP contribution is 2.38. The van der Waals surface area contributed by atoms with Gasteiger partial charge >= 0.3 is 12.1 Å². The number of anilines is 1. The molecule has 1 aromatic heterocycles. The molecule has 3 aromatic rings. The number of aromatic amines is 1. The van der Waals surface area contributed by atoms with Crippen LogP contribution in [-0.4, -0.2) is 23.5 Å². The van der Waals surface area contributed by atoms with Crippen molar-refractivity contribution in [1.29, 1.82) is 0 Å². The van der Waals surface area contributed by atoms with Crippen molar-refractivity contribution < 1.29 is 27.5 Å². The van der Waals surface area contributed by atoms with Crippen molar-refractivity contribution in [2.75, 3.05) is 11.9 Å². The van der Waals surface area contributed by atoms with Crippen LogP contribution < -0.4 is 5.32 Å². The van der Waals surface area contributed by atoms with Crippen LogP contribution in [0.2, 0.25) is 5.02 Å². The average molecular weight is 476 g/mol. The number of hydrogen-bond acceptors (Lipinski definition) is 3. The molecule has 10 heteroatoms. The molecular formula is C18H11BrClF3N2O3. The van der Waals surface area contributed by atoms with Crippen molar-refractivity contribution in [3.63, 3.8) is 0 Å². The van der Waals surface area contributed by atoms with E-state index in [1.54, 1.807) is 24.3 Å². The van der Waals surface area contributed by atoms with E-state index < -0.39 is 35.9 Å². The van der Waals surface area contributed by atoms with Gasteiger partial charge < -0.3 is 15.0 Å². The number of H-pyrrole nitrogens is 1. The summed E-state index contributed by atoms with van der Waals surface area (Å²) in [5.41, 5.74) is -0.929. The van der Waals surface area contributed by atoms with Gasteiger partial charge in [0.1, 0.15) is 5.69 Å². The molecule has 0 bridgehead atoms. The zero-order valence-electron chi connectivity index (χ0n) is 13.9. The Balaban J connectivity index is 1.71. The summed E-state index contributed by atoms with van der Waals surface area (Å²) >= 11 is 9.05. The molecule has 0 fully saturated rings. The first-order valence-electron chi connectivity index (χ1n) is 7.77. The molecular weight excluding hydrogens is 465 g/mol. The lowest BCUT2D eigenvalue weighted by Gasteiger charge is -2.15. The Morgan fingerprint density at radius 3 is 2.54 bits per heavy atom. The van der Waals surface area contributed by atoms with Gasteiger partial charge in [-0.2, -0.15) is 13.2 Å². The van der Waals surface area contributed by atoms with E-state index in [4.69, 9.17) is 16.3 Å². The molecule has 0 spiro atoms. The van der Waals surface area contributed by atoms with Gasteiger partial charge in [-0.3, -0.25) is 4.79 Å². The summed E-state index contributed by atoms with van der Waals surface area (Å²) in [6, 6.07) is 10.2. The number of rotatable bonds is 4. The zero-order valence-corrected chi connectivity index (χ0v) is 16.2. The third-order valence-electron chi connectivity index (χ3n) is 3.76. The van der Waals surface area contributed by atoms with Crippen LogP contribution in [0.5, 0.6) is 0 Å². The fourth-order valence-corrected chi connectivity index (χ4v) is 3.34. The predicted molar refractivity (Wildman–Crippen MR) is 101 cm³/mol. The fourth-order valence-electron chi connectivity index (χ4n) is 2.51. The van der Waals surface area contributed by atoms with E-state index in [1.165, 1.54) is 6.07 Å². The number of alkyl halides is 3. The molecule has 0 atom stereocenters. The van der Waals surface area contributed by atoms with Gasteiger partial charge in [0, 0.05) is 10.9 Å². The number of carbonyl (C=O) groups is 2. The molecule has 2 aromatic carbocycles. The minimum absolute atomic E-state index is 0.0859. The summed E-state index contributed by atoms with van der Waals surface area (Å²) in [7, 11) is 0. The number of halogens is 5. The lowest BCUT2D eigenvalue weighted by molar-refractivity contribution is -0.137. The van der Waals surface area contributed by atoms with Crippen LogP contribution in [0, 0.1) is 0 Å². The highest BCUT2D eigenvalue weighted by molar-refractivity contribution is 9.10. The Morgan fingerprint density at radius 1 is 1.14 bits per heavy atom. The third kappa shape index (κ3) is 4.15. The summed E-state index contributed by atoms with van der Waals surface area (Å²) < 4.78 is 44.5. The number of fused-ring (bicyclic) bond motifs is 1. The van der Waals surface area contributed by atoms with E-state index in [2.05, 4.69) is 20.9 Å². The molecule has 1 amide bonds. The average Bonchev–Trinajstić information content (AvgIpc) is 2.98. The fraction of sp³-hybridized carbons (Fsp3) is 0.111. The summed E-state index contributed by atoms with van der Waals surface area (Å²) in [5, 5.41) is 2.50. The second-order valence-electron chi connectivity index (χ2n) is 5.64. The number of benzene rings is 2. The van der Waals surface area contributed by atoms with Crippen molar-refractivity contribution in [3.05, 3.63) is 63.2 Å². The molecule has 2 N–H and O–H groups in total. The minimum atomic E-state index is -4.71. The number of hydrogen-bond donors (Lipinski definition) is 2. The van der Waals surface area contributed by atoms with Crippen molar-refractivity contribution >= 4 is 56.0 Å². The molecule has 0 unspecified atom stereocenters. The van der Waals surface area contributed by atoms with Crippen molar-refractivity contribution in [3.8, 4) is 0 Å². The van der Waals surface area contributed by atoms with Crippen molar-refractivity contribution in [2.24, 2.45) is 0 Å². The Labute approximate surface area is 169 Å². The summed E-state index contributed by atoms with van der Waals surface area (Å²) in [6.45, 7) is -0.789. The first-order chi connectivity index (χ1) is 13.2. The Bertz CT molecular complexity index is 1070. The second kappa shape index (κ2) is 7.84. The monoisotopic (exact) mass is 474 g/mol. The lowest BCUT2D eigenvalue weighted by Crippen LogP contribution is -2.23. The highest BCUT2D eigenvalue weighted by atomic mass is 79.9. The maximum absolute atomic E-state index is 13.1. The van der Waals surface area contributed by atoms with Crippen LogP contribution in [0.15, 0.2) is 46.9 Å². The molecule has 0 saturated heterocycles. The summed E-state index contributed by atoms with van der Waals surface area (Å²) in [4.78, 5) is 27.1.